The van der Waals surface area contributed by atoms with Crippen LogP contribution in [0.2, 0.25) is 0 Å². The zero-order valence-electron chi connectivity index (χ0n) is 30.9. The zero-order valence-corrected chi connectivity index (χ0v) is 30.9. The number of carbonyl (C=O) groups is 3. The number of rotatable bonds is 7. The van der Waals surface area contributed by atoms with Gasteiger partial charge in [-0.15, -0.1) is 0 Å². The molecule has 0 aliphatic carbocycles. The minimum absolute atomic E-state index is 0.122. The van der Waals surface area contributed by atoms with E-state index in [-0.39, 0.29) is 17.2 Å². The molecule has 0 atom stereocenters. The van der Waals surface area contributed by atoms with E-state index in [4.69, 9.17) is 9.72 Å². The lowest BCUT2D eigenvalue weighted by Crippen LogP contribution is -2.63. The van der Waals surface area contributed by atoms with Crippen LogP contribution in [0.3, 0.4) is 0 Å². The van der Waals surface area contributed by atoms with E-state index in [2.05, 4.69) is 42.4 Å². The number of anilines is 1. The van der Waals surface area contributed by atoms with E-state index < -0.39 is 11.6 Å². The van der Waals surface area contributed by atoms with Crippen LogP contribution < -0.4 is 10.6 Å². The highest BCUT2D eigenvalue weighted by Crippen LogP contribution is 2.30. The van der Waals surface area contributed by atoms with Crippen molar-refractivity contribution in [2.24, 2.45) is 5.41 Å². The number of benzene rings is 1. The fourth-order valence-electron chi connectivity index (χ4n) is 5.55. The minimum Gasteiger partial charge on any atom is -0.379 e. The van der Waals surface area contributed by atoms with Crippen LogP contribution in [0.4, 0.5) is 10.5 Å². The van der Waals surface area contributed by atoms with Gasteiger partial charge in [0.15, 0.2) is 0 Å². The first-order valence-corrected chi connectivity index (χ1v) is 17.0. The van der Waals surface area contributed by atoms with Gasteiger partial charge in [-0.1, -0.05) is 52.3 Å². The molecule has 10 heteroatoms. The third-order valence-electron chi connectivity index (χ3n) is 9.05. The molecule has 2 saturated heterocycles. The first kappa shape index (κ1) is 38.4. The van der Waals surface area contributed by atoms with E-state index in [0.717, 1.165) is 60.8 Å². The second-order valence-electron chi connectivity index (χ2n) is 13.9. The van der Waals surface area contributed by atoms with Crippen molar-refractivity contribution in [3.05, 3.63) is 70.7 Å². The Kier molecular flexibility index (Phi) is 13.1. The summed E-state index contributed by atoms with van der Waals surface area (Å²) in [6, 6.07) is 9.39. The number of carbonyl (C=O) groups excluding carboxylic acids is 3. The highest BCUT2D eigenvalue weighted by atomic mass is 16.5. The molecule has 2 fully saturated rings. The number of piperazine rings is 1. The largest absolute Gasteiger partial charge is 0.379 e. The van der Waals surface area contributed by atoms with Gasteiger partial charge in [-0.05, 0) is 75.4 Å². The highest BCUT2D eigenvalue weighted by molar-refractivity contribution is 6.02. The number of morpholine rings is 1. The summed E-state index contributed by atoms with van der Waals surface area (Å²) >= 11 is 0. The van der Waals surface area contributed by atoms with Crippen LogP contribution >= 0.6 is 0 Å². The molecule has 10 nitrogen and oxygen atoms in total. The molecular formula is C38H56N6O4. The number of nitrogens with zero attached hydrogens (tertiary/aromatic N) is 4. The van der Waals surface area contributed by atoms with Crippen LogP contribution in [-0.2, 0) is 20.9 Å². The Bertz CT molecular complexity index is 1510. The maximum absolute atomic E-state index is 14.1. The van der Waals surface area contributed by atoms with Crippen molar-refractivity contribution in [3.8, 4) is 11.1 Å². The highest BCUT2D eigenvalue weighted by Gasteiger charge is 2.43. The molecule has 48 heavy (non-hydrogen) atoms. The molecule has 3 heterocycles. The van der Waals surface area contributed by atoms with Gasteiger partial charge in [-0.3, -0.25) is 19.5 Å². The molecule has 2 aliphatic heterocycles. The molecule has 262 valence electrons. The fourth-order valence-corrected chi connectivity index (χ4v) is 5.55. The second-order valence-corrected chi connectivity index (χ2v) is 13.9. The SMILES string of the molecule is C/C(NC(=O)Nc1ccc(C)c(-c2ccc(CN3CCOCC3)nc2)c1)=C(\C=C(/C)C(C)(C)C)C(=O)N1CCN(C)C(=O)C1(C)C.CC. The summed E-state index contributed by atoms with van der Waals surface area (Å²) in [7, 11) is 1.75. The summed E-state index contributed by atoms with van der Waals surface area (Å²) in [5.41, 5.74) is 5.12. The third-order valence-corrected chi connectivity index (χ3v) is 9.05. The molecule has 2 aliphatic rings. The molecule has 0 radical (unpaired) electrons. The molecule has 2 N–H and O–H groups in total. The number of aromatic nitrogens is 1. The average molecular weight is 661 g/mol. The van der Waals surface area contributed by atoms with Gasteiger partial charge in [0.25, 0.3) is 5.91 Å². The Morgan fingerprint density at radius 1 is 1.02 bits per heavy atom. The lowest BCUT2D eigenvalue weighted by atomic mass is 9.86. The van der Waals surface area contributed by atoms with E-state index >= 15 is 0 Å². The fraction of sp³-hybridized carbons (Fsp3) is 0.526. The Balaban J connectivity index is 0.00000307. The van der Waals surface area contributed by atoms with Gasteiger partial charge in [-0.2, -0.15) is 0 Å². The first-order chi connectivity index (χ1) is 22.6. The van der Waals surface area contributed by atoms with E-state index in [9.17, 15) is 14.4 Å². The van der Waals surface area contributed by atoms with Crippen LogP contribution in [0.1, 0.15) is 73.6 Å². The van der Waals surface area contributed by atoms with Crippen molar-refractivity contribution >= 4 is 23.5 Å². The van der Waals surface area contributed by atoms with Gasteiger partial charge >= 0.3 is 6.03 Å². The maximum atomic E-state index is 14.1. The maximum Gasteiger partial charge on any atom is 0.323 e. The number of nitrogens with one attached hydrogen (secondary N) is 2. The van der Waals surface area contributed by atoms with E-state index in [0.29, 0.717) is 30.0 Å². The molecule has 1 aromatic heterocycles. The lowest BCUT2D eigenvalue weighted by molar-refractivity contribution is -0.155. The van der Waals surface area contributed by atoms with E-state index in [1.54, 1.807) is 37.6 Å². The monoisotopic (exact) mass is 660 g/mol. The number of hydrogen-bond acceptors (Lipinski definition) is 6. The predicted molar refractivity (Wildman–Crippen MR) is 193 cm³/mol. The summed E-state index contributed by atoms with van der Waals surface area (Å²) in [4.78, 5) is 50.6. The Morgan fingerprint density at radius 2 is 1.69 bits per heavy atom. The number of ether oxygens (including phenoxy) is 1. The quantitative estimate of drug-likeness (QED) is 0.264. The Morgan fingerprint density at radius 3 is 2.29 bits per heavy atom. The molecule has 0 unspecified atom stereocenters. The number of amides is 4. The third kappa shape index (κ3) is 9.54. The molecule has 0 spiro atoms. The smallest absolute Gasteiger partial charge is 0.323 e. The molecule has 0 saturated carbocycles. The Hall–Kier alpha value is -4.02. The number of likely N-dealkylation sites (N-methyl/N-ethyl adjacent to an activating group) is 1. The zero-order chi connectivity index (χ0) is 35.8. The summed E-state index contributed by atoms with van der Waals surface area (Å²) < 4.78 is 5.44. The molecule has 4 rings (SSSR count). The first-order valence-electron chi connectivity index (χ1n) is 17.0. The normalized spacial score (nSPS) is 17.6. The minimum atomic E-state index is -1.02. The number of allylic oxidation sites excluding steroid dienone is 2. The van der Waals surface area contributed by atoms with Gasteiger partial charge in [0.05, 0.1) is 24.5 Å². The summed E-state index contributed by atoms with van der Waals surface area (Å²) in [5, 5.41) is 5.82. The van der Waals surface area contributed by atoms with Crippen molar-refractivity contribution in [3.63, 3.8) is 0 Å². The van der Waals surface area contributed by atoms with Gasteiger partial charge in [0, 0.05) is 62.9 Å². The van der Waals surface area contributed by atoms with E-state index in [1.807, 2.05) is 64.2 Å². The average Bonchev–Trinajstić information content (AvgIpc) is 3.04. The van der Waals surface area contributed by atoms with Crippen molar-refractivity contribution < 1.29 is 19.1 Å². The van der Waals surface area contributed by atoms with Crippen molar-refractivity contribution in [2.45, 2.75) is 81.3 Å². The van der Waals surface area contributed by atoms with E-state index in [1.165, 1.54) is 0 Å². The Labute approximate surface area is 287 Å². The summed E-state index contributed by atoms with van der Waals surface area (Å²) in [6.45, 7) is 24.4. The van der Waals surface area contributed by atoms with Gasteiger partial charge in [-0.25, -0.2) is 4.79 Å². The molecular weight excluding hydrogens is 604 g/mol. The van der Waals surface area contributed by atoms with Crippen molar-refractivity contribution in [1.29, 1.82) is 0 Å². The van der Waals surface area contributed by atoms with Crippen LogP contribution in [0.5, 0.6) is 0 Å². The van der Waals surface area contributed by atoms with Crippen molar-refractivity contribution in [1.82, 2.24) is 25.0 Å². The number of urea groups is 1. The molecule has 4 amide bonds. The summed E-state index contributed by atoms with van der Waals surface area (Å²) in [5.74, 6) is -0.418. The van der Waals surface area contributed by atoms with Crippen LogP contribution in [0, 0.1) is 12.3 Å². The van der Waals surface area contributed by atoms with Gasteiger partial charge in [0.2, 0.25) is 5.91 Å². The molecule has 0 bridgehead atoms. The van der Waals surface area contributed by atoms with Crippen LogP contribution in [0.15, 0.2) is 59.4 Å². The van der Waals surface area contributed by atoms with Gasteiger partial charge < -0.3 is 25.2 Å². The predicted octanol–water partition coefficient (Wildman–Crippen LogP) is 6.38. The number of pyridine rings is 1. The van der Waals surface area contributed by atoms with Crippen LogP contribution in [0.25, 0.3) is 11.1 Å². The number of aryl methyl sites for hydroxylation is 1. The van der Waals surface area contributed by atoms with Crippen molar-refractivity contribution in [2.75, 3.05) is 51.8 Å². The van der Waals surface area contributed by atoms with Gasteiger partial charge in [0.1, 0.15) is 5.54 Å². The van der Waals surface area contributed by atoms with Crippen LogP contribution in [-0.4, -0.2) is 89.5 Å². The summed E-state index contributed by atoms with van der Waals surface area (Å²) in [6.07, 6.45) is 3.71. The molecule has 2 aromatic rings. The standard InChI is InChI=1S/C36H50N6O4.C2H6/c1-24-10-12-28(21-30(24)27-11-13-29(37-22-27)23-41-16-18-46-19-17-41)39-34(45)38-26(3)31(20-25(2)35(4,5)6)32(43)42-15-14-40(9)33(44)36(42,7)8;1-2/h10-13,20-22H,14-19,23H2,1-9H3,(H2,38,39,45);1-2H3/b25-20+,31-26-;. The second kappa shape index (κ2) is 16.4. The number of hydrogen-bond donors (Lipinski definition) is 2. The lowest BCUT2D eigenvalue weighted by Gasteiger charge is -2.45. The topological polar surface area (TPSA) is 107 Å². The molecule has 1 aromatic carbocycles.